The largest absolute Gasteiger partial charge is 0.494 e. The number of nitrogens with zero attached hydrogens (tertiary/aromatic N) is 1. The van der Waals surface area contributed by atoms with E-state index in [0.717, 1.165) is 12.8 Å². The Bertz CT molecular complexity index is 1330. The zero-order chi connectivity index (χ0) is 23.5. The maximum atomic E-state index is 14.5. The smallest absolute Gasteiger partial charge is 0.336 e. The first kappa shape index (κ1) is 22.4. The zero-order valence-electron chi connectivity index (χ0n) is 18.4. The van der Waals surface area contributed by atoms with Crippen LogP contribution in [0.3, 0.4) is 0 Å². The Kier molecular flexibility index (Phi) is 6.36. The van der Waals surface area contributed by atoms with Crippen molar-refractivity contribution < 1.29 is 23.4 Å². The van der Waals surface area contributed by atoms with Gasteiger partial charge in [-0.05, 0) is 60.9 Å². The molecule has 168 valence electrons. The van der Waals surface area contributed by atoms with Gasteiger partial charge in [0, 0.05) is 16.5 Å². The fourth-order valence-electron chi connectivity index (χ4n) is 3.84. The minimum atomic E-state index is -1.15. The summed E-state index contributed by atoms with van der Waals surface area (Å²) in [5, 5.41) is 10.0. The first-order valence-electron chi connectivity index (χ1n) is 10.8. The highest BCUT2D eigenvalue weighted by atomic mass is 19.1. The first-order chi connectivity index (χ1) is 15.9. The number of unbranched alkanes of at least 4 members (excludes halogenated alkanes) is 1. The van der Waals surface area contributed by atoms with Gasteiger partial charge in [0.1, 0.15) is 17.4 Å². The fourth-order valence-corrected chi connectivity index (χ4v) is 3.84. The van der Waals surface area contributed by atoms with E-state index in [1.54, 1.807) is 43.3 Å². The summed E-state index contributed by atoms with van der Waals surface area (Å²) >= 11 is 0. The highest BCUT2D eigenvalue weighted by Gasteiger charge is 2.19. The predicted molar refractivity (Wildman–Crippen MR) is 125 cm³/mol. The summed E-state index contributed by atoms with van der Waals surface area (Å²) in [6, 6.07) is 15.7. The quantitative estimate of drug-likeness (QED) is 0.309. The van der Waals surface area contributed by atoms with Crippen LogP contribution in [0.5, 0.6) is 5.75 Å². The summed E-state index contributed by atoms with van der Waals surface area (Å²) in [5.74, 6) is -1.42. The molecule has 1 aromatic heterocycles. The molecule has 0 bridgehead atoms. The molecular weight excluding hydrogens is 424 g/mol. The average molecular weight is 447 g/mol. The summed E-state index contributed by atoms with van der Waals surface area (Å²) < 4.78 is 33.9. The molecule has 0 unspecified atom stereocenters. The summed E-state index contributed by atoms with van der Waals surface area (Å²) in [5.41, 5.74) is 3.08. The van der Waals surface area contributed by atoms with Gasteiger partial charge < -0.3 is 9.84 Å². The number of pyridine rings is 1. The second kappa shape index (κ2) is 9.36. The van der Waals surface area contributed by atoms with E-state index in [4.69, 9.17) is 4.74 Å². The van der Waals surface area contributed by atoms with E-state index >= 15 is 0 Å². The van der Waals surface area contributed by atoms with Crippen LogP contribution in [0.25, 0.3) is 33.3 Å². The van der Waals surface area contributed by atoms with E-state index < -0.39 is 11.8 Å². The van der Waals surface area contributed by atoms with Crippen molar-refractivity contribution in [3.63, 3.8) is 0 Å². The number of carboxylic acid groups (broad SMARTS) is 1. The molecule has 0 aliphatic carbocycles. The van der Waals surface area contributed by atoms with Crippen molar-refractivity contribution >= 4 is 16.9 Å². The molecule has 0 radical (unpaired) electrons. The summed E-state index contributed by atoms with van der Waals surface area (Å²) in [4.78, 5) is 16.5. The molecule has 0 fully saturated rings. The number of carboxylic acids is 1. The molecule has 1 N–H and O–H groups in total. The van der Waals surface area contributed by atoms with Crippen molar-refractivity contribution in [2.45, 2.75) is 26.7 Å². The second-order valence-electron chi connectivity index (χ2n) is 7.85. The van der Waals surface area contributed by atoms with E-state index in [-0.39, 0.29) is 16.8 Å². The Morgan fingerprint density at radius 3 is 2.42 bits per heavy atom. The van der Waals surface area contributed by atoms with Crippen LogP contribution in [0.2, 0.25) is 0 Å². The van der Waals surface area contributed by atoms with Gasteiger partial charge >= 0.3 is 5.97 Å². The van der Waals surface area contributed by atoms with E-state index in [2.05, 4.69) is 11.9 Å². The molecule has 0 saturated carbocycles. The molecule has 4 rings (SSSR count). The highest BCUT2D eigenvalue weighted by Crippen LogP contribution is 2.33. The highest BCUT2D eigenvalue weighted by molar-refractivity contribution is 6.05. The van der Waals surface area contributed by atoms with Crippen LogP contribution in [-0.4, -0.2) is 22.7 Å². The van der Waals surface area contributed by atoms with E-state index in [0.29, 0.717) is 45.8 Å². The molecule has 0 aliphatic heterocycles. The van der Waals surface area contributed by atoms with Gasteiger partial charge in [0.2, 0.25) is 0 Å². The lowest BCUT2D eigenvalue weighted by atomic mass is 9.96. The third kappa shape index (κ3) is 4.55. The third-order valence-electron chi connectivity index (χ3n) is 5.58. The number of ether oxygens (including phenoxy) is 1. The standard InChI is InChI=1S/C27H23F2NO3/c1-3-4-13-33-20-10-11-23(29)21(15-20)17-5-7-18(8-6-17)26-16(2)25(27(31)32)22-14-19(28)9-12-24(22)30-26/h5-12,14-15H,3-4,13H2,1-2H3,(H,31,32). The van der Waals surface area contributed by atoms with Gasteiger partial charge in [0.15, 0.2) is 0 Å². The Morgan fingerprint density at radius 2 is 1.73 bits per heavy atom. The lowest BCUT2D eigenvalue weighted by molar-refractivity contribution is 0.0698. The lowest BCUT2D eigenvalue weighted by Gasteiger charge is -2.13. The molecule has 4 nitrogen and oxygen atoms in total. The number of rotatable bonds is 7. The lowest BCUT2D eigenvalue weighted by Crippen LogP contribution is -2.05. The zero-order valence-corrected chi connectivity index (χ0v) is 18.4. The summed E-state index contributed by atoms with van der Waals surface area (Å²) in [6.45, 7) is 4.30. The molecule has 33 heavy (non-hydrogen) atoms. The number of halogens is 2. The maximum Gasteiger partial charge on any atom is 0.336 e. The molecule has 4 aromatic rings. The van der Waals surface area contributed by atoms with Gasteiger partial charge in [-0.25, -0.2) is 18.6 Å². The Hall–Kier alpha value is -3.80. The third-order valence-corrected chi connectivity index (χ3v) is 5.58. The minimum Gasteiger partial charge on any atom is -0.494 e. The van der Waals surface area contributed by atoms with E-state index in [1.165, 1.54) is 24.3 Å². The minimum absolute atomic E-state index is 0.0153. The molecule has 0 amide bonds. The van der Waals surface area contributed by atoms with Crippen LogP contribution in [-0.2, 0) is 0 Å². The second-order valence-corrected chi connectivity index (χ2v) is 7.85. The maximum absolute atomic E-state index is 14.5. The number of aromatic nitrogens is 1. The molecule has 0 aliphatic rings. The normalized spacial score (nSPS) is 11.0. The first-order valence-corrected chi connectivity index (χ1v) is 10.8. The molecule has 3 aromatic carbocycles. The molecule has 0 spiro atoms. The van der Waals surface area contributed by atoms with Crippen LogP contribution in [0, 0.1) is 18.6 Å². The Labute approximate surface area is 190 Å². The molecule has 6 heteroatoms. The van der Waals surface area contributed by atoms with Gasteiger partial charge in [-0.3, -0.25) is 0 Å². The van der Waals surface area contributed by atoms with Crippen molar-refractivity contribution in [3.05, 3.63) is 83.4 Å². The van der Waals surface area contributed by atoms with Crippen LogP contribution in [0.4, 0.5) is 8.78 Å². The fraction of sp³-hybridized carbons (Fsp3) is 0.185. The molecule has 1 heterocycles. The van der Waals surface area contributed by atoms with Crippen LogP contribution in [0.1, 0.15) is 35.7 Å². The number of aromatic carboxylic acids is 1. The number of hydrogen-bond donors (Lipinski definition) is 1. The van der Waals surface area contributed by atoms with Crippen molar-refractivity contribution in [2.24, 2.45) is 0 Å². The average Bonchev–Trinajstić information content (AvgIpc) is 2.80. The van der Waals surface area contributed by atoms with Gasteiger partial charge in [0.05, 0.1) is 23.4 Å². The van der Waals surface area contributed by atoms with Crippen LogP contribution < -0.4 is 4.74 Å². The van der Waals surface area contributed by atoms with Crippen LogP contribution in [0.15, 0.2) is 60.7 Å². The predicted octanol–water partition coefficient (Wildman–Crippen LogP) is 7.03. The van der Waals surface area contributed by atoms with Gasteiger partial charge in [0.25, 0.3) is 0 Å². The van der Waals surface area contributed by atoms with Crippen molar-refractivity contribution in [3.8, 4) is 28.1 Å². The van der Waals surface area contributed by atoms with Crippen molar-refractivity contribution in [1.29, 1.82) is 0 Å². The summed E-state index contributed by atoms with van der Waals surface area (Å²) in [7, 11) is 0. The van der Waals surface area contributed by atoms with E-state index in [9.17, 15) is 18.7 Å². The topological polar surface area (TPSA) is 59.4 Å². The molecular formula is C27H23F2NO3. The Morgan fingerprint density at radius 1 is 1.00 bits per heavy atom. The van der Waals surface area contributed by atoms with Gasteiger partial charge in [-0.1, -0.05) is 37.6 Å². The number of benzene rings is 3. The number of hydrogen-bond acceptors (Lipinski definition) is 3. The van der Waals surface area contributed by atoms with Gasteiger partial charge in [-0.2, -0.15) is 0 Å². The molecule has 0 saturated heterocycles. The van der Waals surface area contributed by atoms with Crippen molar-refractivity contribution in [2.75, 3.05) is 6.61 Å². The van der Waals surface area contributed by atoms with Crippen molar-refractivity contribution in [1.82, 2.24) is 4.98 Å². The Balaban J connectivity index is 1.74. The van der Waals surface area contributed by atoms with E-state index in [1.807, 2.05) is 0 Å². The monoisotopic (exact) mass is 447 g/mol. The summed E-state index contributed by atoms with van der Waals surface area (Å²) in [6.07, 6.45) is 1.93. The SMILES string of the molecule is CCCCOc1ccc(F)c(-c2ccc(-c3nc4ccc(F)cc4c(C(=O)O)c3C)cc2)c1. The molecule has 0 atom stereocenters. The van der Waals surface area contributed by atoms with Crippen LogP contribution >= 0.6 is 0 Å². The number of fused-ring (bicyclic) bond motifs is 1. The number of carbonyl (C=O) groups is 1. The van der Waals surface area contributed by atoms with Gasteiger partial charge in [-0.15, -0.1) is 0 Å².